The van der Waals surface area contributed by atoms with Crippen LogP contribution in [0.3, 0.4) is 0 Å². The lowest BCUT2D eigenvalue weighted by atomic mass is 10.0. The standard InChI is InChI=1S/C13H26N2O2S/c1-3-6-13(2,17)10-15-12(16)9-18-11-4-7-14-8-5-11/h11,14,17H,3-10H2,1-2H3,(H,15,16). The average molecular weight is 274 g/mol. The van der Waals surface area contributed by atoms with Gasteiger partial charge in [0.15, 0.2) is 0 Å². The van der Waals surface area contributed by atoms with Crippen LogP contribution < -0.4 is 10.6 Å². The highest BCUT2D eigenvalue weighted by Crippen LogP contribution is 2.19. The molecule has 1 unspecified atom stereocenters. The summed E-state index contributed by atoms with van der Waals surface area (Å²) in [6.45, 7) is 6.28. The van der Waals surface area contributed by atoms with E-state index in [1.54, 1.807) is 18.7 Å². The quantitative estimate of drug-likeness (QED) is 0.651. The van der Waals surface area contributed by atoms with Crippen LogP contribution in [-0.4, -0.2) is 47.3 Å². The van der Waals surface area contributed by atoms with Crippen LogP contribution >= 0.6 is 11.8 Å². The third-order valence-corrected chi connectivity index (χ3v) is 4.56. The van der Waals surface area contributed by atoms with Crippen molar-refractivity contribution >= 4 is 17.7 Å². The number of thioether (sulfide) groups is 1. The number of carbonyl (C=O) groups is 1. The van der Waals surface area contributed by atoms with Crippen LogP contribution in [0.5, 0.6) is 0 Å². The second-order valence-corrected chi connectivity index (χ2v) is 6.57. The number of nitrogens with one attached hydrogen (secondary N) is 2. The van der Waals surface area contributed by atoms with E-state index < -0.39 is 5.60 Å². The first-order chi connectivity index (χ1) is 8.53. The summed E-state index contributed by atoms with van der Waals surface area (Å²) in [6, 6.07) is 0. The summed E-state index contributed by atoms with van der Waals surface area (Å²) in [5, 5.41) is 16.7. The number of aliphatic hydroxyl groups is 1. The molecule has 0 saturated carbocycles. The Morgan fingerprint density at radius 2 is 2.17 bits per heavy atom. The monoisotopic (exact) mass is 274 g/mol. The van der Waals surface area contributed by atoms with Crippen molar-refractivity contribution in [3.05, 3.63) is 0 Å². The second kappa shape index (κ2) is 8.02. The number of piperidine rings is 1. The molecule has 106 valence electrons. The molecule has 1 amide bonds. The predicted molar refractivity (Wildman–Crippen MR) is 76.9 cm³/mol. The minimum Gasteiger partial charge on any atom is -0.388 e. The number of hydrogen-bond acceptors (Lipinski definition) is 4. The number of carbonyl (C=O) groups excluding carboxylic acids is 1. The van der Waals surface area contributed by atoms with Gasteiger partial charge in [-0.2, -0.15) is 0 Å². The molecule has 1 aliphatic rings. The van der Waals surface area contributed by atoms with Gasteiger partial charge in [-0.3, -0.25) is 4.79 Å². The highest BCUT2D eigenvalue weighted by molar-refractivity contribution is 8.00. The summed E-state index contributed by atoms with van der Waals surface area (Å²) >= 11 is 1.74. The Hall–Kier alpha value is -0.260. The van der Waals surface area contributed by atoms with Gasteiger partial charge < -0.3 is 15.7 Å². The molecule has 0 aromatic carbocycles. The topological polar surface area (TPSA) is 61.4 Å². The summed E-state index contributed by atoms with van der Waals surface area (Å²) in [5.74, 6) is 0.544. The van der Waals surface area contributed by atoms with Crippen molar-refractivity contribution in [3.8, 4) is 0 Å². The van der Waals surface area contributed by atoms with Crippen molar-refractivity contribution in [1.29, 1.82) is 0 Å². The Morgan fingerprint density at radius 1 is 1.50 bits per heavy atom. The maximum absolute atomic E-state index is 11.7. The van der Waals surface area contributed by atoms with Gasteiger partial charge in [0.1, 0.15) is 0 Å². The molecule has 1 saturated heterocycles. The summed E-state index contributed by atoms with van der Waals surface area (Å²) in [7, 11) is 0. The zero-order chi connectivity index (χ0) is 13.4. The average Bonchev–Trinajstić information content (AvgIpc) is 2.35. The van der Waals surface area contributed by atoms with Crippen LogP contribution in [-0.2, 0) is 4.79 Å². The SMILES string of the molecule is CCCC(C)(O)CNC(=O)CSC1CCNCC1. The van der Waals surface area contributed by atoms with Gasteiger partial charge in [0.2, 0.25) is 5.91 Å². The van der Waals surface area contributed by atoms with Gasteiger partial charge in [-0.15, -0.1) is 11.8 Å². The van der Waals surface area contributed by atoms with E-state index in [0.717, 1.165) is 32.4 Å². The van der Waals surface area contributed by atoms with E-state index in [4.69, 9.17) is 0 Å². The number of rotatable bonds is 7. The maximum atomic E-state index is 11.7. The third kappa shape index (κ3) is 6.61. The van der Waals surface area contributed by atoms with Crippen molar-refractivity contribution in [1.82, 2.24) is 10.6 Å². The van der Waals surface area contributed by atoms with Crippen LogP contribution in [0, 0.1) is 0 Å². The van der Waals surface area contributed by atoms with Gasteiger partial charge in [-0.05, 0) is 39.3 Å². The molecule has 4 nitrogen and oxygen atoms in total. The third-order valence-electron chi connectivity index (χ3n) is 3.19. The van der Waals surface area contributed by atoms with E-state index >= 15 is 0 Å². The molecule has 0 radical (unpaired) electrons. The Morgan fingerprint density at radius 3 is 2.78 bits per heavy atom. The summed E-state index contributed by atoms with van der Waals surface area (Å²) in [5.41, 5.74) is -0.774. The van der Waals surface area contributed by atoms with E-state index in [9.17, 15) is 9.90 Å². The van der Waals surface area contributed by atoms with Gasteiger partial charge >= 0.3 is 0 Å². The lowest BCUT2D eigenvalue weighted by Gasteiger charge is -2.24. The number of amides is 1. The van der Waals surface area contributed by atoms with Gasteiger partial charge in [0, 0.05) is 11.8 Å². The minimum atomic E-state index is -0.774. The van der Waals surface area contributed by atoms with Crippen molar-refractivity contribution < 1.29 is 9.90 Å². The first-order valence-electron chi connectivity index (χ1n) is 6.85. The van der Waals surface area contributed by atoms with Crippen LogP contribution in [0.25, 0.3) is 0 Å². The fourth-order valence-electron chi connectivity index (χ4n) is 2.12. The zero-order valence-electron chi connectivity index (χ0n) is 11.5. The molecule has 3 N–H and O–H groups in total. The van der Waals surface area contributed by atoms with E-state index in [0.29, 0.717) is 24.0 Å². The smallest absolute Gasteiger partial charge is 0.230 e. The zero-order valence-corrected chi connectivity index (χ0v) is 12.3. The maximum Gasteiger partial charge on any atom is 0.230 e. The molecule has 1 heterocycles. The summed E-state index contributed by atoms with van der Waals surface area (Å²) in [6.07, 6.45) is 3.93. The lowest BCUT2D eigenvalue weighted by molar-refractivity contribution is -0.119. The second-order valence-electron chi connectivity index (χ2n) is 5.28. The summed E-state index contributed by atoms with van der Waals surface area (Å²) in [4.78, 5) is 11.7. The van der Waals surface area contributed by atoms with Crippen molar-refractivity contribution in [2.75, 3.05) is 25.4 Å². The lowest BCUT2D eigenvalue weighted by Crippen LogP contribution is -2.41. The first kappa shape index (κ1) is 15.8. The van der Waals surface area contributed by atoms with Crippen LogP contribution in [0.4, 0.5) is 0 Å². The molecule has 0 bridgehead atoms. The van der Waals surface area contributed by atoms with E-state index in [1.165, 1.54) is 0 Å². The van der Waals surface area contributed by atoms with Gasteiger partial charge in [0.05, 0.1) is 11.4 Å². The van der Waals surface area contributed by atoms with E-state index in [2.05, 4.69) is 10.6 Å². The fraction of sp³-hybridized carbons (Fsp3) is 0.923. The van der Waals surface area contributed by atoms with Crippen molar-refractivity contribution in [2.45, 2.75) is 50.4 Å². The first-order valence-corrected chi connectivity index (χ1v) is 7.90. The molecule has 18 heavy (non-hydrogen) atoms. The Balaban J connectivity index is 2.13. The van der Waals surface area contributed by atoms with Gasteiger partial charge in [0.25, 0.3) is 0 Å². The van der Waals surface area contributed by atoms with Gasteiger partial charge in [-0.1, -0.05) is 13.3 Å². The molecule has 1 rings (SSSR count). The molecule has 1 aliphatic heterocycles. The largest absolute Gasteiger partial charge is 0.388 e. The minimum absolute atomic E-state index is 0.0370. The highest BCUT2D eigenvalue weighted by Gasteiger charge is 2.20. The van der Waals surface area contributed by atoms with E-state index in [-0.39, 0.29) is 5.91 Å². The van der Waals surface area contributed by atoms with E-state index in [1.807, 2.05) is 6.92 Å². The van der Waals surface area contributed by atoms with Gasteiger partial charge in [-0.25, -0.2) is 0 Å². The molecule has 1 atom stereocenters. The van der Waals surface area contributed by atoms with Crippen LogP contribution in [0.15, 0.2) is 0 Å². The Kier molecular flexibility index (Phi) is 7.04. The highest BCUT2D eigenvalue weighted by atomic mass is 32.2. The van der Waals surface area contributed by atoms with Crippen LogP contribution in [0.2, 0.25) is 0 Å². The molecule has 0 spiro atoms. The summed E-state index contributed by atoms with van der Waals surface area (Å²) < 4.78 is 0. The fourth-order valence-corrected chi connectivity index (χ4v) is 3.18. The Labute approximate surface area is 114 Å². The molecule has 0 aromatic heterocycles. The molecular formula is C13H26N2O2S. The predicted octanol–water partition coefficient (Wildman–Crippen LogP) is 1.14. The normalized spacial score (nSPS) is 20.4. The van der Waals surface area contributed by atoms with Crippen molar-refractivity contribution in [3.63, 3.8) is 0 Å². The number of hydrogen-bond donors (Lipinski definition) is 3. The molecule has 5 heteroatoms. The molecular weight excluding hydrogens is 248 g/mol. The Bertz CT molecular complexity index is 253. The molecule has 0 aromatic rings. The molecule has 1 fully saturated rings. The van der Waals surface area contributed by atoms with Crippen LogP contribution in [0.1, 0.15) is 39.5 Å². The molecule has 0 aliphatic carbocycles. The van der Waals surface area contributed by atoms with Crippen molar-refractivity contribution in [2.24, 2.45) is 0 Å².